The molecule has 2 aromatic heterocycles. The number of carbonyl (C=O) groups is 1. The minimum absolute atomic E-state index is 0.0167. The summed E-state index contributed by atoms with van der Waals surface area (Å²) < 4.78 is 11.4. The molecular formula is C16H16N4O4. The third-order valence-electron chi connectivity index (χ3n) is 3.56. The number of aromatic nitrogens is 4. The minimum Gasteiger partial charge on any atom is -0.438 e. The van der Waals surface area contributed by atoms with E-state index in [0.717, 1.165) is 4.68 Å². The van der Waals surface area contributed by atoms with Gasteiger partial charge >= 0.3 is 5.97 Å². The van der Waals surface area contributed by atoms with Crippen LogP contribution in [0.15, 0.2) is 33.6 Å². The first-order valence-electron chi connectivity index (χ1n) is 7.45. The highest BCUT2D eigenvalue weighted by Crippen LogP contribution is 2.23. The largest absolute Gasteiger partial charge is 0.438 e. The average Bonchev–Trinajstić information content (AvgIpc) is 2.96. The molecular weight excluding hydrogens is 312 g/mol. The van der Waals surface area contributed by atoms with Crippen LogP contribution in [0.2, 0.25) is 0 Å². The molecule has 0 unspecified atom stereocenters. The van der Waals surface area contributed by atoms with Crippen LogP contribution in [-0.2, 0) is 11.5 Å². The van der Waals surface area contributed by atoms with Crippen LogP contribution >= 0.6 is 0 Å². The van der Waals surface area contributed by atoms with Crippen LogP contribution in [0.3, 0.4) is 0 Å². The molecule has 124 valence electrons. The van der Waals surface area contributed by atoms with Crippen molar-refractivity contribution in [2.24, 2.45) is 0 Å². The Kier molecular flexibility index (Phi) is 4.11. The van der Waals surface area contributed by atoms with Crippen molar-refractivity contribution in [1.29, 1.82) is 0 Å². The van der Waals surface area contributed by atoms with Gasteiger partial charge in [-0.25, -0.2) is 4.79 Å². The van der Waals surface area contributed by atoms with E-state index in [-0.39, 0.29) is 23.8 Å². The smallest absolute Gasteiger partial charge is 0.345 e. The number of esters is 1. The van der Waals surface area contributed by atoms with Crippen molar-refractivity contribution in [3.05, 3.63) is 51.6 Å². The van der Waals surface area contributed by atoms with Gasteiger partial charge in [0.15, 0.2) is 12.5 Å². The van der Waals surface area contributed by atoms with E-state index in [9.17, 15) is 9.59 Å². The van der Waals surface area contributed by atoms with Crippen LogP contribution in [0.4, 0.5) is 0 Å². The van der Waals surface area contributed by atoms with Gasteiger partial charge in [-0.3, -0.25) is 4.79 Å². The fraction of sp³-hybridized carbons (Fsp3) is 0.312. The number of fused-ring (bicyclic) bond motifs is 1. The van der Waals surface area contributed by atoms with E-state index in [4.69, 9.17) is 9.26 Å². The van der Waals surface area contributed by atoms with E-state index in [0.29, 0.717) is 22.4 Å². The molecule has 3 aromatic rings. The summed E-state index contributed by atoms with van der Waals surface area (Å²) in [7, 11) is 0. The zero-order chi connectivity index (χ0) is 17.3. The Balaban J connectivity index is 1.84. The van der Waals surface area contributed by atoms with E-state index >= 15 is 0 Å². The van der Waals surface area contributed by atoms with Gasteiger partial charge in [-0.2, -0.15) is 4.68 Å². The highest BCUT2D eigenvalue weighted by Gasteiger charge is 2.24. The Morgan fingerprint density at radius 3 is 2.83 bits per heavy atom. The van der Waals surface area contributed by atoms with Crippen LogP contribution in [-0.4, -0.2) is 26.1 Å². The Bertz CT molecular complexity index is 958. The minimum atomic E-state index is -0.612. The first kappa shape index (κ1) is 15.9. The van der Waals surface area contributed by atoms with Gasteiger partial charge in [0.2, 0.25) is 0 Å². The Morgan fingerprint density at radius 2 is 2.08 bits per heavy atom. The van der Waals surface area contributed by atoms with Gasteiger partial charge in [-0.1, -0.05) is 36.4 Å². The van der Waals surface area contributed by atoms with Crippen LogP contribution in [0, 0.1) is 6.92 Å². The molecule has 2 heterocycles. The van der Waals surface area contributed by atoms with Crippen LogP contribution < -0.4 is 5.56 Å². The first-order valence-corrected chi connectivity index (χ1v) is 7.45. The molecule has 0 saturated heterocycles. The van der Waals surface area contributed by atoms with Gasteiger partial charge in [0, 0.05) is 5.92 Å². The summed E-state index contributed by atoms with van der Waals surface area (Å²) in [5, 5.41) is 11.9. The molecule has 0 aliphatic rings. The lowest BCUT2D eigenvalue weighted by atomic mass is 10.1. The predicted octanol–water partition coefficient (Wildman–Crippen LogP) is 2.03. The second-order valence-electron chi connectivity index (χ2n) is 5.63. The number of benzene rings is 1. The summed E-state index contributed by atoms with van der Waals surface area (Å²) in [6, 6.07) is 6.83. The second-order valence-corrected chi connectivity index (χ2v) is 5.63. The zero-order valence-corrected chi connectivity index (χ0v) is 13.5. The van der Waals surface area contributed by atoms with E-state index in [1.807, 2.05) is 13.8 Å². The van der Waals surface area contributed by atoms with E-state index in [1.165, 1.54) is 0 Å². The standard InChI is InChI=1S/C16H16N4O4/c1-9(2)14-13(10(3)18-24-14)16(22)23-8-20-15(21)11-6-4-5-7-12(11)17-19-20/h4-7,9H,8H2,1-3H3. The number of hydrogen-bond donors (Lipinski definition) is 0. The third-order valence-corrected chi connectivity index (χ3v) is 3.56. The van der Waals surface area contributed by atoms with E-state index in [1.54, 1.807) is 31.2 Å². The summed E-state index contributed by atoms with van der Waals surface area (Å²) in [4.78, 5) is 24.6. The molecule has 0 saturated carbocycles. The summed E-state index contributed by atoms with van der Waals surface area (Å²) in [6.07, 6.45) is 0. The average molecular weight is 328 g/mol. The molecule has 0 spiro atoms. The molecule has 1 aromatic carbocycles. The molecule has 0 amide bonds. The molecule has 8 nitrogen and oxygen atoms in total. The maximum Gasteiger partial charge on any atom is 0.345 e. The molecule has 0 aliphatic carbocycles. The lowest BCUT2D eigenvalue weighted by Crippen LogP contribution is -2.26. The normalized spacial score (nSPS) is 11.2. The fourth-order valence-corrected chi connectivity index (χ4v) is 2.33. The Labute approximate surface area is 137 Å². The molecule has 0 fully saturated rings. The topological polar surface area (TPSA) is 100 Å². The quantitative estimate of drug-likeness (QED) is 0.675. The lowest BCUT2D eigenvalue weighted by Gasteiger charge is -2.07. The SMILES string of the molecule is Cc1noc(C(C)C)c1C(=O)OCn1nnc2ccccc2c1=O. The summed E-state index contributed by atoms with van der Waals surface area (Å²) >= 11 is 0. The van der Waals surface area contributed by atoms with Crippen molar-refractivity contribution >= 4 is 16.9 Å². The van der Waals surface area contributed by atoms with Crippen molar-refractivity contribution < 1.29 is 14.1 Å². The van der Waals surface area contributed by atoms with Crippen LogP contribution in [0.5, 0.6) is 0 Å². The molecule has 0 N–H and O–H groups in total. The molecule has 8 heteroatoms. The summed E-state index contributed by atoms with van der Waals surface area (Å²) in [6.45, 7) is 5.09. The van der Waals surface area contributed by atoms with Gasteiger partial charge in [0.1, 0.15) is 11.1 Å². The maximum absolute atomic E-state index is 12.3. The first-order chi connectivity index (χ1) is 11.5. The molecule has 0 aliphatic heterocycles. The van der Waals surface area contributed by atoms with Gasteiger partial charge in [0.25, 0.3) is 5.56 Å². The van der Waals surface area contributed by atoms with Crippen molar-refractivity contribution in [2.45, 2.75) is 33.4 Å². The van der Waals surface area contributed by atoms with Crippen molar-refractivity contribution in [3.63, 3.8) is 0 Å². The highest BCUT2D eigenvalue weighted by molar-refractivity contribution is 5.91. The van der Waals surface area contributed by atoms with Crippen molar-refractivity contribution in [1.82, 2.24) is 20.2 Å². The van der Waals surface area contributed by atoms with Gasteiger partial charge in [-0.15, -0.1) is 5.10 Å². The number of carbonyl (C=O) groups excluding carboxylic acids is 1. The zero-order valence-electron chi connectivity index (χ0n) is 13.5. The number of aryl methyl sites for hydroxylation is 1. The molecule has 0 radical (unpaired) electrons. The highest BCUT2D eigenvalue weighted by atomic mass is 16.5. The maximum atomic E-state index is 12.3. The molecule has 24 heavy (non-hydrogen) atoms. The van der Waals surface area contributed by atoms with Crippen molar-refractivity contribution in [3.8, 4) is 0 Å². The van der Waals surface area contributed by atoms with E-state index < -0.39 is 5.97 Å². The van der Waals surface area contributed by atoms with E-state index in [2.05, 4.69) is 15.5 Å². The second kappa shape index (κ2) is 6.23. The van der Waals surface area contributed by atoms with Crippen molar-refractivity contribution in [2.75, 3.05) is 0 Å². The fourth-order valence-electron chi connectivity index (χ4n) is 2.33. The monoisotopic (exact) mass is 328 g/mol. The van der Waals surface area contributed by atoms with Crippen LogP contribution in [0.25, 0.3) is 10.9 Å². The lowest BCUT2D eigenvalue weighted by molar-refractivity contribution is 0.0332. The third kappa shape index (κ3) is 2.78. The summed E-state index contributed by atoms with van der Waals surface area (Å²) in [5.41, 5.74) is 0.842. The number of ether oxygens (including phenoxy) is 1. The van der Waals surface area contributed by atoms with Gasteiger partial charge in [0.05, 0.1) is 11.1 Å². The Hall–Kier alpha value is -3.03. The number of hydrogen-bond acceptors (Lipinski definition) is 7. The predicted molar refractivity (Wildman–Crippen MR) is 84.5 cm³/mol. The summed E-state index contributed by atoms with van der Waals surface area (Å²) in [5.74, 6) is -0.175. The Morgan fingerprint density at radius 1 is 1.33 bits per heavy atom. The number of rotatable bonds is 4. The van der Waals surface area contributed by atoms with Gasteiger partial charge < -0.3 is 9.26 Å². The van der Waals surface area contributed by atoms with Crippen LogP contribution in [0.1, 0.15) is 41.6 Å². The molecule has 0 bridgehead atoms. The number of nitrogens with zero attached hydrogens (tertiary/aromatic N) is 4. The van der Waals surface area contributed by atoms with Gasteiger partial charge in [-0.05, 0) is 19.1 Å². The molecule has 3 rings (SSSR count). The molecule has 0 atom stereocenters.